The standard InChI is InChI=1S/C21H15FN4O.ClH/c22-17-7-5-15(6-8-17)19-11-21(27-24-19)26-13-16(12-25-10-9-23-14-25)18-3-1-2-4-20(18)26;/h1-11,13-14H,12H2;1H. The van der Waals surface area contributed by atoms with E-state index in [0.717, 1.165) is 22.0 Å². The summed E-state index contributed by atoms with van der Waals surface area (Å²) in [5, 5.41) is 5.30. The number of benzene rings is 2. The Kier molecular flexibility index (Phi) is 4.71. The maximum Gasteiger partial charge on any atom is 0.236 e. The predicted octanol–water partition coefficient (Wildman–Crippen LogP) is 5.09. The summed E-state index contributed by atoms with van der Waals surface area (Å²) >= 11 is 0. The average molecular weight is 395 g/mol. The van der Waals surface area contributed by atoms with Crippen molar-refractivity contribution in [3.8, 4) is 17.1 Å². The van der Waals surface area contributed by atoms with E-state index in [9.17, 15) is 4.39 Å². The number of rotatable bonds is 4. The van der Waals surface area contributed by atoms with Crippen LogP contribution in [0.3, 0.4) is 0 Å². The number of fused-ring (bicyclic) bond motifs is 1. The first-order valence-electron chi connectivity index (χ1n) is 8.56. The molecule has 140 valence electrons. The summed E-state index contributed by atoms with van der Waals surface area (Å²) < 4.78 is 22.8. The van der Waals surface area contributed by atoms with Crippen molar-refractivity contribution in [3.63, 3.8) is 0 Å². The lowest BCUT2D eigenvalue weighted by Gasteiger charge is -1.99. The smallest absolute Gasteiger partial charge is 0.236 e. The van der Waals surface area contributed by atoms with Gasteiger partial charge in [-0.05, 0) is 35.9 Å². The van der Waals surface area contributed by atoms with Crippen LogP contribution in [0.4, 0.5) is 4.39 Å². The molecule has 0 unspecified atom stereocenters. The SMILES string of the molecule is Cl.Fc1ccc(-c2cc(-n3cc(Cn4ccnc4)c4ccccc43)on2)cc1. The molecule has 0 aliphatic heterocycles. The van der Waals surface area contributed by atoms with Gasteiger partial charge in [-0.3, -0.25) is 4.57 Å². The van der Waals surface area contributed by atoms with Gasteiger partial charge in [-0.1, -0.05) is 23.4 Å². The van der Waals surface area contributed by atoms with E-state index in [2.05, 4.69) is 22.4 Å². The monoisotopic (exact) mass is 394 g/mol. The first-order chi connectivity index (χ1) is 13.3. The van der Waals surface area contributed by atoms with E-state index in [4.69, 9.17) is 4.52 Å². The van der Waals surface area contributed by atoms with Crippen molar-refractivity contribution in [1.29, 1.82) is 0 Å². The second-order valence-electron chi connectivity index (χ2n) is 6.33. The molecule has 0 saturated heterocycles. The minimum atomic E-state index is -0.275. The van der Waals surface area contributed by atoms with Crippen LogP contribution >= 0.6 is 12.4 Å². The van der Waals surface area contributed by atoms with E-state index in [1.165, 1.54) is 12.1 Å². The molecule has 0 N–H and O–H groups in total. The van der Waals surface area contributed by atoms with Gasteiger partial charge in [0.2, 0.25) is 5.88 Å². The van der Waals surface area contributed by atoms with Crippen LogP contribution in [0.1, 0.15) is 5.56 Å². The Morgan fingerprint density at radius 1 is 1.04 bits per heavy atom. The minimum Gasteiger partial charge on any atom is -0.337 e. The van der Waals surface area contributed by atoms with Crippen molar-refractivity contribution in [2.45, 2.75) is 6.54 Å². The fourth-order valence-electron chi connectivity index (χ4n) is 3.27. The molecule has 7 heteroatoms. The van der Waals surface area contributed by atoms with E-state index in [0.29, 0.717) is 18.1 Å². The van der Waals surface area contributed by atoms with Gasteiger partial charge in [0.05, 0.1) is 18.4 Å². The number of para-hydroxylation sites is 1. The molecule has 28 heavy (non-hydrogen) atoms. The van der Waals surface area contributed by atoms with Gasteiger partial charge in [-0.15, -0.1) is 12.4 Å². The molecule has 3 heterocycles. The Labute approximate surface area is 166 Å². The highest BCUT2D eigenvalue weighted by atomic mass is 35.5. The summed E-state index contributed by atoms with van der Waals surface area (Å²) in [6, 6.07) is 16.2. The first-order valence-corrected chi connectivity index (χ1v) is 8.56. The summed E-state index contributed by atoms with van der Waals surface area (Å²) in [4.78, 5) is 4.11. The number of aromatic nitrogens is 4. The van der Waals surface area contributed by atoms with Gasteiger partial charge >= 0.3 is 0 Å². The summed E-state index contributed by atoms with van der Waals surface area (Å²) in [7, 11) is 0. The van der Waals surface area contributed by atoms with Gasteiger partial charge in [0, 0.05) is 35.6 Å². The molecule has 5 rings (SSSR count). The van der Waals surface area contributed by atoms with Crippen molar-refractivity contribution in [2.75, 3.05) is 0 Å². The topological polar surface area (TPSA) is 48.8 Å². The molecule has 0 saturated carbocycles. The molecule has 0 fully saturated rings. The lowest BCUT2D eigenvalue weighted by Crippen LogP contribution is -1.95. The van der Waals surface area contributed by atoms with Crippen LogP contribution in [-0.4, -0.2) is 19.3 Å². The normalized spacial score (nSPS) is 10.9. The maximum absolute atomic E-state index is 13.2. The number of imidazole rings is 1. The fraction of sp³-hybridized carbons (Fsp3) is 0.0476. The average Bonchev–Trinajstić information content (AvgIpc) is 3.43. The van der Waals surface area contributed by atoms with Crippen LogP contribution in [-0.2, 0) is 6.54 Å². The first kappa shape index (κ1) is 18.0. The highest BCUT2D eigenvalue weighted by molar-refractivity contribution is 5.86. The number of halogens is 2. The number of hydrogen-bond donors (Lipinski definition) is 0. The van der Waals surface area contributed by atoms with Gasteiger partial charge in [0.1, 0.15) is 11.5 Å². The van der Waals surface area contributed by atoms with Crippen LogP contribution < -0.4 is 0 Å². The Bertz CT molecular complexity index is 1210. The molecule has 0 amide bonds. The highest BCUT2D eigenvalue weighted by Crippen LogP contribution is 2.28. The largest absolute Gasteiger partial charge is 0.337 e. The lowest BCUT2D eigenvalue weighted by atomic mass is 10.1. The third kappa shape index (κ3) is 3.18. The molecular weight excluding hydrogens is 379 g/mol. The molecule has 5 nitrogen and oxygen atoms in total. The second kappa shape index (κ2) is 7.32. The van der Waals surface area contributed by atoms with E-state index in [1.54, 1.807) is 24.7 Å². The van der Waals surface area contributed by atoms with E-state index >= 15 is 0 Å². The van der Waals surface area contributed by atoms with Gasteiger partial charge < -0.3 is 9.09 Å². The molecule has 0 radical (unpaired) electrons. The lowest BCUT2D eigenvalue weighted by molar-refractivity contribution is 0.410. The molecule has 3 aromatic heterocycles. The number of nitrogens with zero attached hydrogens (tertiary/aromatic N) is 4. The molecule has 0 bridgehead atoms. The molecule has 5 aromatic rings. The number of hydrogen-bond acceptors (Lipinski definition) is 3. The van der Waals surface area contributed by atoms with Crippen molar-refractivity contribution in [2.24, 2.45) is 0 Å². The summed E-state index contributed by atoms with van der Waals surface area (Å²) in [6.45, 7) is 0.715. The second-order valence-corrected chi connectivity index (χ2v) is 6.33. The zero-order valence-electron chi connectivity index (χ0n) is 14.7. The Balaban J connectivity index is 0.00000192. The van der Waals surface area contributed by atoms with Crippen molar-refractivity contribution < 1.29 is 8.91 Å². The summed E-state index contributed by atoms with van der Waals surface area (Å²) in [5.74, 6) is 0.338. The zero-order chi connectivity index (χ0) is 18.2. The Morgan fingerprint density at radius 2 is 1.86 bits per heavy atom. The quantitative estimate of drug-likeness (QED) is 0.426. The van der Waals surface area contributed by atoms with Crippen LogP contribution in [0.2, 0.25) is 0 Å². The molecule has 0 aliphatic carbocycles. The van der Waals surface area contributed by atoms with E-state index in [1.807, 2.05) is 39.6 Å². The third-order valence-electron chi connectivity index (χ3n) is 4.58. The Hall–Kier alpha value is -3.38. The molecule has 0 aliphatic rings. The van der Waals surface area contributed by atoms with Crippen LogP contribution in [0, 0.1) is 5.82 Å². The summed E-state index contributed by atoms with van der Waals surface area (Å²) in [6.07, 6.45) is 7.56. The fourth-order valence-corrected chi connectivity index (χ4v) is 3.27. The van der Waals surface area contributed by atoms with Crippen LogP contribution in [0.15, 0.2) is 84.0 Å². The molecule has 0 atom stereocenters. The van der Waals surface area contributed by atoms with Crippen molar-refractivity contribution >= 4 is 23.3 Å². The zero-order valence-corrected chi connectivity index (χ0v) is 15.5. The molecule has 2 aromatic carbocycles. The van der Waals surface area contributed by atoms with Gasteiger partial charge in [0.25, 0.3) is 0 Å². The van der Waals surface area contributed by atoms with E-state index < -0.39 is 0 Å². The van der Waals surface area contributed by atoms with Crippen LogP contribution in [0.5, 0.6) is 0 Å². The predicted molar refractivity (Wildman–Crippen MR) is 107 cm³/mol. The van der Waals surface area contributed by atoms with Gasteiger partial charge in [-0.2, -0.15) is 0 Å². The third-order valence-corrected chi connectivity index (χ3v) is 4.58. The van der Waals surface area contributed by atoms with Gasteiger partial charge in [-0.25, -0.2) is 9.37 Å². The molecule has 0 spiro atoms. The van der Waals surface area contributed by atoms with Crippen LogP contribution in [0.25, 0.3) is 28.0 Å². The summed E-state index contributed by atoms with van der Waals surface area (Å²) in [5.41, 5.74) is 3.66. The highest BCUT2D eigenvalue weighted by Gasteiger charge is 2.14. The van der Waals surface area contributed by atoms with Gasteiger partial charge in [0.15, 0.2) is 0 Å². The van der Waals surface area contributed by atoms with Crippen molar-refractivity contribution in [3.05, 3.63) is 90.9 Å². The maximum atomic E-state index is 13.2. The Morgan fingerprint density at radius 3 is 2.64 bits per heavy atom. The van der Waals surface area contributed by atoms with E-state index in [-0.39, 0.29) is 18.2 Å². The molecular formula is C21H16ClFN4O. The minimum absolute atomic E-state index is 0. The van der Waals surface area contributed by atoms with Crippen molar-refractivity contribution in [1.82, 2.24) is 19.3 Å².